The lowest BCUT2D eigenvalue weighted by Gasteiger charge is -2.32. The number of carbonyl (C=O) groups is 2. The predicted molar refractivity (Wildman–Crippen MR) is 117 cm³/mol. The second-order valence-electron chi connectivity index (χ2n) is 7.91. The molecule has 1 saturated heterocycles. The molecule has 0 bridgehead atoms. The molecule has 1 unspecified atom stereocenters. The number of amides is 2. The maximum Gasteiger partial charge on any atom is 0.244 e. The minimum atomic E-state index is -0.285. The highest BCUT2D eigenvalue weighted by atomic mass is 19.1. The van der Waals surface area contributed by atoms with Gasteiger partial charge in [0.05, 0.1) is 11.6 Å². The Bertz CT molecular complexity index is 1080. The summed E-state index contributed by atoms with van der Waals surface area (Å²) in [5, 5.41) is 7.24. The van der Waals surface area contributed by atoms with E-state index in [2.05, 4.69) is 10.4 Å². The lowest BCUT2D eigenvalue weighted by atomic mass is 9.96. The molecule has 0 aliphatic carbocycles. The summed E-state index contributed by atoms with van der Waals surface area (Å²) >= 11 is 0. The van der Waals surface area contributed by atoms with E-state index in [1.807, 2.05) is 37.3 Å². The first-order valence-corrected chi connectivity index (χ1v) is 10.4. The molecule has 2 amide bonds. The van der Waals surface area contributed by atoms with Crippen LogP contribution in [0.1, 0.15) is 18.5 Å². The molecule has 6 nitrogen and oxygen atoms in total. The van der Waals surface area contributed by atoms with E-state index in [4.69, 9.17) is 0 Å². The Morgan fingerprint density at radius 1 is 1.13 bits per heavy atom. The molecule has 1 aliphatic rings. The Kier molecular flexibility index (Phi) is 6.11. The molecule has 2 heterocycles. The minimum Gasteiger partial charge on any atom is -0.340 e. The quantitative estimate of drug-likeness (QED) is 0.681. The fourth-order valence-corrected chi connectivity index (χ4v) is 3.87. The average Bonchev–Trinajstić information content (AvgIpc) is 3.19. The second-order valence-corrected chi connectivity index (χ2v) is 7.91. The SMILES string of the molecule is Cc1ccn(CC(=O)N2CCCC(C(=O)Nc3cccc(-c4ccc(F)cc4)c3)C2)n1. The number of nitrogens with one attached hydrogen (secondary N) is 1. The molecule has 0 radical (unpaired) electrons. The highest BCUT2D eigenvalue weighted by molar-refractivity contribution is 5.93. The van der Waals surface area contributed by atoms with Crippen molar-refractivity contribution in [2.24, 2.45) is 5.92 Å². The average molecular weight is 420 g/mol. The van der Waals surface area contributed by atoms with Gasteiger partial charge in [-0.25, -0.2) is 4.39 Å². The number of benzene rings is 2. The Hall–Kier alpha value is -3.48. The zero-order chi connectivity index (χ0) is 21.8. The van der Waals surface area contributed by atoms with Crippen molar-refractivity contribution < 1.29 is 14.0 Å². The van der Waals surface area contributed by atoms with Gasteiger partial charge in [-0.3, -0.25) is 14.3 Å². The van der Waals surface area contributed by atoms with Gasteiger partial charge < -0.3 is 10.2 Å². The molecule has 0 spiro atoms. The van der Waals surface area contributed by atoms with Crippen LogP contribution in [-0.2, 0) is 16.1 Å². The van der Waals surface area contributed by atoms with Crippen molar-refractivity contribution in [1.82, 2.24) is 14.7 Å². The molecular weight excluding hydrogens is 395 g/mol. The number of halogens is 1. The van der Waals surface area contributed by atoms with Gasteiger partial charge in [0, 0.05) is 25.0 Å². The normalized spacial score (nSPS) is 16.2. The zero-order valence-corrected chi connectivity index (χ0v) is 17.4. The Balaban J connectivity index is 1.38. The number of aromatic nitrogens is 2. The van der Waals surface area contributed by atoms with Gasteiger partial charge in [-0.15, -0.1) is 0 Å². The van der Waals surface area contributed by atoms with Gasteiger partial charge in [-0.1, -0.05) is 24.3 Å². The van der Waals surface area contributed by atoms with E-state index in [0.717, 1.165) is 29.7 Å². The first kappa shape index (κ1) is 20.8. The van der Waals surface area contributed by atoms with E-state index < -0.39 is 0 Å². The number of hydrogen-bond acceptors (Lipinski definition) is 3. The largest absolute Gasteiger partial charge is 0.340 e. The van der Waals surface area contributed by atoms with Crippen LogP contribution in [0, 0.1) is 18.7 Å². The van der Waals surface area contributed by atoms with Crippen molar-refractivity contribution in [3.8, 4) is 11.1 Å². The number of aryl methyl sites for hydroxylation is 1. The monoisotopic (exact) mass is 420 g/mol. The number of rotatable bonds is 5. The Labute approximate surface area is 180 Å². The van der Waals surface area contributed by atoms with E-state index in [1.165, 1.54) is 12.1 Å². The van der Waals surface area contributed by atoms with Crippen LogP contribution < -0.4 is 5.32 Å². The smallest absolute Gasteiger partial charge is 0.244 e. The zero-order valence-electron chi connectivity index (χ0n) is 17.4. The molecule has 0 saturated carbocycles. The van der Waals surface area contributed by atoms with Crippen LogP contribution in [-0.4, -0.2) is 39.6 Å². The predicted octanol–water partition coefficient (Wildman–Crippen LogP) is 3.87. The molecule has 2 aromatic carbocycles. The van der Waals surface area contributed by atoms with Crippen LogP contribution in [0.15, 0.2) is 60.8 Å². The van der Waals surface area contributed by atoms with E-state index in [1.54, 1.807) is 27.9 Å². The molecule has 1 N–H and O–H groups in total. The topological polar surface area (TPSA) is 67.2 Å². The summed E-state index contributed by atoms with van der Waals surface area (Å²) in [4.78, 5) is 27.3. The first-order valence-electron chi connectivity index (χ1n) is 10.4. The number of carbonyl (C=O) groups excluding carboxylic acids is 2. The summed E-state index contributed by atoms with van der Waals surface area (Å²) in [6, 6.07) is 15.6. The van der Waals surface area contributed by atoms with Gasteiger partial charge in [-0.05, 0) is 61.2 Å². The minimum absolute atomic E-state index is 0.0288. The van der Waals surface area contributed by atoms with Crippen molar-refractivity contribution in [2.75, 3.05) is 18.4 Å². The molecule has 1 aliphatic heterocycles. The summed E-state index contributed by atoms with van der Waals surface area (Å²) in [6.07, 6.45) is 3.32. The fourth-order valence-electron chi connectivity index (χ4n) is 3.87. The summed E-state index contributed by atoms with van der Waals surface area (Å²) in [6.45, 7) is 3.13. The highest BCUT2D eigenvalue weighted by Gasteiger charge is 2.28. The van der Waals surface area contributed by atoms with Crippen LogP contribution in [0.2, 0.25) is 0 Å². The lowest BCUT2D eigenvalue weighted by Crippen LogP contribution is -2.45. The molecule has 4 rings (SSSR count). The van der Waals surface area contributed by atoms with Crippen molar-refractivity contribution in [3.05, 3.63) is 72.3 Å². The summed E-state index contributed by atoms with van der Waals surface area (Å²) < 4.78 is 14.8. The number of likely N-dealkylation sites (tertiary alicyclic amines) is 1. The standard InChI is InChI=1S/C24H25FN4O2/c1-17-11-13-29(27-17)16-23(30)28-12-3-5-20(15-28)24(31)26-22-6-2-4-19(14-22)18-7-9-21(25)10-8-18/h2,4,6-11,13-14,20H,3,5,12,15-16H2,1H3,(H,26,31). The van der Waals surface area contributed by atoms with Gasteiger partial charge in [0.2, 0.25) is 11.8 Å². The molecule has 1 fully saturated rings. The number of piperidine rings is 1. The van der Waals surface area contributed by atoms with Crippen molar-refractivity contribution in [2.45, 2.75) is 26.3 Å². The fraction of sp³-hybridized carbons (Fsp3) is 0.292. The Morgan fingerprint density at radius 2 is 1.94 bits per heavy atom. The third-order valence-electron chi connectivity index (χ3n) is 5.52. The third kappa shape index (κ3) is 5.17. The number of nitrogens with zero attached hydrogens (tertiary/aromatic N) is 3. The molecule has 1 atom stereocenters. The molecule has 3 aromatic rings. The highest BCUT2D eigenvalue weighted by Crippen LogP contribution is 2.24. The maximum atomic E-state index is 13.2. The molecule has 7 heteroatoms. The third-order valence-corrected chi connectivity index (χ3v) is 5.52. The van der Waals surface area contributed by atoms with E-state index in [-0.39, 0.29) is 30.1 Å². The summed E-state index contributed by atoms with van der Waals surface area (Å²) in [5.41, 5.74) is 3.32. The molecule has 1 aromatic heterocycles. The second kappa shape index (κ2) is 9.12. The van der Waals surface area contributed by atoms with Gasteiger partial charge in [0.25, 0.3) is 0 Å². The van der Waals surface area contributed by atoms with Crippen molar-refractivity contribution in [1.29, 1.82) is 0 Å². The number of hydrogen-bond donors (Lipinski definition) is 1. The molecule has 31 heavy (non-hydrogen) atoms. The van der Waals surface area contributed by atoms with Crippen LogP contribution in [0.25, 0.3) is 11.1 Å². The van der Waals surface area contributed by atoms with Crippen molar-refractivity contribution in [3.63, 3.8) is 0 Å². The molecular formula is C24H25FN4O2. The van der Waals surface area contributed by atoms with Gasteiger partial charge >= 0.3 is 0 Å². The van der Waals surface area contributed by atoms with Crippen LogP contribution in [0.4, 0.5) is 10.1 Å². The first-order chi connectivity index (χ1) is 15.0. The van der Waals surface area contributed by atoms with E-state index in [0.29, 0.717) is 18.8 Å². The molecule has 160 valence electrons. The summed E-state index contributed by atoms with van der Waals surface area (Å²) in [5.74, 6) is -0.665. The van der Waals surface area contributed by atoms with Crippen LogP contribution >= 0.6 is 0 Å². The number of anilines is 1. The van der Waals surface area contributed by atoms with Crippen molar-refractivity contribution >= 4 is 17.5 Å². The maximum absolute atomic E-state index is 13.2. The van der Waals surface area contributed by atoms with E-state index in [9.17, 15) is 14.0 Å². The Morgan fingerprint density at radius 3 is 2.68 bits per heavy atom. The van der Waals surface area contributed by atoms with Gasteiger partial charge in [0.15, 0.2) is 0 Å². The van der Waals surface area contributed by atoms with Gasteiger partial charge in [0.1, 0.15) is 12.4 Å². The summed E-state index contributed by atoms with van der Waals surface area (Å²) in [7, 11) is 0. The van der Waals surface area contributed by atoms with E-state index >= 15 is 0 Å². The van der Waals surface area contributed by atoms with Gasteiger partial charge in [-0.2, -0.15) is 5.10 Å². The van der Waals surface area contributed by atoms with Crippen LogP contribution in [0.5, 0.6) is 0 Å². The lowest BCUT2D eigenvalue weighted by molar-refractivity contribution is -0.135. The van der Waals surface area contributed by atoms with Crippen LogP contribution in [0.3, 0.4) is 0 Å².